The maximum absolute atomic E-state index is 13.8. The van der Waals surface area contributed by atoms with Crippen LogP contribution in [0.4, 0.5) is 10.1 Å². The Kier molecular flexibility index (Phi) is 7.15. The number of fused-ring (bicyclic) bond motifs is 1. The first-order chi connectivity index (χ1) is 14.2. The number of amides is 1. The van der Waals surface area contributed by atoms with Crippen LogP contribution in [0.25, 0.3) is 0 Å². The maximum atomic E-state index is 13.8. The van der Waals surface area contributed by atoms with E-state index in [2.05, 4.69) is 5.32 Å². The van der Waals surface area contributed by atoms with E-state index in [0.29, 0.717) is 40.1 Å². The molecule has 10 heteroatoms. The fourth-order valence-electron chi connectivity index (χ4n) is 3.02. The molecule has 0 spiro atoms. The molecule has 30 heavy (non-hydrogen) atoms. The molecule has 2 aromatic rings. The van der Waals surface area contributed by atoms with Gasteiger partial charge in [-0.15, -0.1) is 0 Å². The summed E-state index contributed by atoms with van der Waals surface area (Å²) in [4.78, 5) is 12.5. The molecule has 0 fully saturated rings. The van der Waals surface area contributed by atoms with Gasteiger partial charge in [-0.1, -0.05) is 23.7 Å². The minimum Gasteiger partial charge on any atom is -0.476 e. The fraction of sp³-hybridized carbons (Fsp3) is 0.350. The number of nitrogens with zero attached hydrogens (tertiary/aromatic N) is 1. The van der Waals surface area contributed by atoms with Gasteiger partial charge in [0.05, 0.1) is 18.5 Å². The summed E-state index contributed by atoms with van der Waals surface area (Å²) in [7, 11) is -3.57. The lowest BCUT2D eigenvalue weighted by Crippen LogP contribution is -2.50. The predicted octanol–water partition coefficient (Wildman–Crippen LogP) is 3.36. The monoisotopic (exact) mass is 472 g/mol. The summed E-state index contributed by atoms with van der Waals surface area (Å²) < 4.78 is 45.1. The van der Waals surface area contributed by atoms with E-state index in [-0.39, 0.29) is 12.4 Å². The van der Waals surface area contributed by atoms with Gasteiger partial charge in [0, 0.05) is 28.6 Å². The second-order valence-corrected chi connectivity index (χ2v) is 10.3. The lowest BCUT2D eigenvalue weighted by Gasteiger charge is -2.34. The van der Waals surface area contributed by atoms with Crippen molar-refractivity contribution in [3.8, 4) is 5.75 Å². The first-order valence-electron chi connectivity index (χ1n) is 9.20. The maximum Gasteiger partial charge on any atom is 0.263 e. The number of benzene rings is 2. The van der Waals surface area contributed by atoms with Crippen molar-refractivity contribution in [1.29, 1.82) is 0 Å². The van der Waals surface area contributed by atoms with Crippen LogP contribution in [0.1, 0.15) is 11.1 Å². The first kappa shape index (κ1) is 22.7. The zero-order valence-corrected chi connectivity index (χ0v) is 18.9. The van der Waals surface area contributed by atoms with Crippen molar-refractivity contribution >= 4 is 45.0 Å². The Hall–Kier alpha value is -1.97. The highest BCUT2D eigenvalue weighted by Crippen LogP contribution is 2.35. The number of hydrogen-bond acceptors (Lipinski definition) is 5. The van der Waals surface area contributed by atoms with E-state index in [9.17, 15) is 17.6 Å². The molecule has 2 aromatic carbocycles. The van der Waals surface area contributed by atoms with Crippen LogP contribution in [0.3, 0.4) is 0 Å². The molecule has 1 aliphatic rings. The number of nitrogens with one attached hydrogen (secondary N) is 1. The zero-order chi connectivity index (χ0) is 21.9. The normalized spacial score (nSPS) is 16.0. The van der Waals surface area contributed by atoms with Crippen molar-refractivity contribution < 1.29 is 22.3 Å². The lowest BCUT2D eigenvalue weighted by atomic mass is 10.1. The molecule has 0 saturated carbocycles. The van der Waals surface area contributed by atoms with E-state index < -0.39 is 22.0 Å². The third-order valence-electron chi connectivity index (χ3n) is 4.53. The Balaban J connectivity index is 1.56. The van der Waals surface area contributed by atoms with Crippen LogP contribution in [-0.2, 0) is 20.6 Å². The molecule has 162 valence electrons. The predicted molar refractivity (Wildman–Crippen MR) is 118 cm³/mol. The summed E-state index contributed by atoms with van der Waals surface area (Å²) in [6, 6.07) is 9.72. The smallest absolute Gasteiger partial charge is 0.263 e. The van der Waals surface area contributed by atoms with Gasteiger partial charge in [0.15, 0.2) is 6.10 Å². The standard InChI is InChI=1S/C20H22ClFN2O4S2/c1-13-6-7-18-17(10-13)24(30(2,26)27)11-19(28-18)20(25)23-8-9-29-12-14-15(21)4-3-5-16(14)22/h3-7,10,19H,8-9,11-12H2,1-2H3,(H,23,25). The Morgan fingerprint density at radius 3 is 2.83 bits per heavy atom. The van der Waals surface area contributed by atoms with Crippen molar-refractivity contribution in [1.82, 2.24) is 5.32 Å². The van der Waals surface area contributed by atoms with Crippen LogP contribution in [0, 0.1) is 12.7 Å². The van der Waals surface area contributed by atoms with Crippen LogP contribution in [-0.4, -0.2) is 45.5 Å². The van der Waals surface area contributed by atoms with Crippen molar-refractivity contribution in [3.63, 3.8) is 0 Å². The molecule has 0 radical (unpaired) electrons. The third kappa shape index (κ3) is 5.39. The number of aryl methyl sites for hydroxylation is 1. The molecule has 1 amide bonds. The average Bonchev–Trinajstić information content (AvgIpc) is 2.68. The van der Waals surface area contributed by atoms with Crippen molar-refractivity contribution in [2.24, 2.45) is 0 Å². The summed E-state index contributed by atoms with van der Waals surface area (Å²) in [5.74, 6) is 0.509. The van der Waals surface area contributed by atoms with Gasteiger partial charge in [0.2, 0.25) is 10.0 Å². The summed E-state index contributed by atoms with van der Waals surface area (Å²) in [6.07, 6.45) is 0.144. The number of ether oxygens (including phenoxy) is 1. The van der Waals surface area contributed by atoms with E-state index in [4.69, 9.17) is 16.3 Å². The molecule has 1 heterocycles. The number of sulfonamides is 1. The van der Waals surface area contributed by atoms with Crippen molar-refractivity contribution in [3.05, 3.63) is 58.4 Å². The van der Waals surface area contributed by atoms with Crippen molar-refractivity contribution in [2.75, 3.05) is 29.4 Å². The molecule has 1 N–H and O–H groups in total. The summed E-state index contributed by atoms with van der Waals surface area (Å²) in [5.41, 5.74) is 1.75. The van der Waals surface area contributed by atoms with E-state index in [1.807, 2.05) is 6.92 Å². The number of thioether (sulfide) groups is 1. The number of carbonyl (C=O) groups is 1. The molecule has 1 aliphatic heterocycles. The van der Waals surface area contributed by atoms with Gasteiger partial charge in [0.25, 0.3) is 5.91 Å². The Morgan fingerprint density at radius 2 is 2.13 bits per heavy atom. The number of rotatable bonds is 7. The van der Waals surface area contributed by atoms with E-state index in [1.54, 1.807) is 30.3 Å². The largest absolute Gasteiger partial charge is 0.476 e. The minimum absolute atomic E-state index is 0.0981. The topological polar surface area (TPSA) is 75.7 Å². The van der Waals surface area contributed by atoms with Gasteiger partial charge in [-0.3, -0.25) is 9.10 Å². The Bertz CT molecular complexity index is 1030. The molecule has 1 atom stereocenters. The average molecular weight is 473 g/mol. The second-order valence-electron chi connectivity index (χ2n) is 6.92. The number of carbonyl (C=O) groups excluding carboxylic acids is 1. The highest BCUT2D eigenvalue weighted by Gasteiger charge is 2.34. The molecule has 1 unspecified atom stereocenters. The SMILES string of the molecule is Cc1ccc2c(c1)N(S(C)(=O)=O)CC(C(=O)NCCSCc1c(F)cccc1Cl)O2. The molecular formula is C20H22ClFN2O4S2. The summed E-state index contributed by atoms with van der Waals surface area (Å²) >= 11 is 7.43. The Morgan fingerprint density at radius 1 is 1.37 bits per heavy atom. The quantitative estimate of drug-likeness (QED) is 0.625. The van der Waals surface area contributed by atoms with Gasteiger partial charge < -0.3 is 10.1 Å². The van der Waals surface area contributed by atoms with Crippen LogP contribution in [0.15, 0.2) is 36.4 Å². The van der Waals surface area contributed by atoms with Gasteiger partial charge in [-0.25, -0.2) is 12.8 Å². The van der Waals surface area contributed by atoms with E-state index >= 15 is 0 Å². The first-order valence-corrected chi connectivity index (χ1v) is 12.6. The van der Waals surface area contributed by atoms with Crippen LogP contribution < -0.4 is 14.4 Å². The fourth-order valence-corrected chi connectivity index (χ4v) is 5.12. The minimum atomic E-state index is -3.57. The summed E-state index contributed by atoms with van der Waals surface area (Å²) in [6.45, 7) is 2.08. The third-order valence-corrected chi connectivity index (χ3v) is 7.02. The van der Waals surface area contributed by atoms with E-state index in [1.165, 1.54) is 22.1 Å². The second kappa shape index (κ2) is 9.45. The molecule has 3 rings (SSSR count). The highest BCUT2D eigenvalue weighted by atomic mass is 35.5. The van der Waals surface area contributed by atoms with Gasteiger partial charge in [0.1, 0.15) is 11.6 Å². The lowest BCUT2D eigenvalue weighted by molar-refractivity contribution is -0.127. The highest BCUT2D eigenvalue weighted by molar-refractivity contribution is 7.98. The molecule has 0 bridgehead atoms. The van der Waals surface area contributed by atoms with E-state index in [0.717, 1.165) is 11.8 Å². The van der Waals surface area contributed by atoms with Gasteiger partial charge in [-0.05, 0) is 36.8 Å². The number of halogens is 2. The molecule has 0 saturated heterocycles. The molecular weight excluding hydrogens is 451 g/mol. The van der Waals surface area contributed by atoms with Crippen LogP contribution in [0.2, 0.25) is 5.02 Å². The molecule has 0 aromatic heterocycles. The number of anilines is 1. The Labute approximate surface area is 184 Å². The van der Waals surface area contributed by atoms with Crippen molar-refractivity contribution in [2.45, 2.75) is 18.8 Å². The van der Waals surface area contributed by atoms with Crippen LogP contribution >= 0.6 is 23.4 Å². The zero-order valence-electron chi connectivity index (χ0n) is 16.5. The number of hydrogen-bond donors (Lipinski definition) is 1. The molecule has 0 aliphatic carbocycles. The molecule has 6 nitrogen and oxygen atoms in total. The van der Waals surface area contributed by atoms with Gasteiger partial charge in [-0.2, -0.15) is 11.8 Å². The summed E-state index contributed by atoms with van der Waals surface area (Å²) in [5, 5.41) is 3.12. The van der Waals surface area contributed by atoms with Gasteiger partial charge >= 0.3 is 0 Å². The van der Waals surface area contributed by atoms with Crippen LogP contribution in [0.5, 0.6) is 5.75 Å².